The highest BCUT2D eigenvalue weighted by Crippen LogP contribution is 2.16. The second kappa shape index (κ2) is 7.58. The lowest BCUT2D eigenvalue weighted by Crippen LogP contribution is -2.22. The zero-order valence-electron chi connectivity index (χ0n) is 15.7. The number of hydrogen-bond acceptors (Lipinski definition) is 3. The van der Waals surface area contributed by atoms with Gasteiger partial charge in [-0.3, -0.25) is 9.20 Å². The molecule has 1 N–H and O–H groups in total. The van der Waals surface area contributed by atoms with E-state index in [-0.39, 0.29) is 11.1 Å². The summed E-state index contributed by atoms with van der Waals surface area (Å²) in [7, 11) is 0. The van der Waals surface area contributed by atoms with E-state index in [2.05, 4.69) is 31.0 Å². The number of rotatable bonds is 5. The number of benzene rings is 1. The molecule has 0 unspecified atom stereocenters. The van der Waals surface area contributed by atoms with E-state index in [9.17, 15) is 14.7 Å². The molecule has 1 aromatic carbocycles. The molecule has 0 aliphatic rings. The van der Waals surface area contributed by atoms with Gasteiger partial charge in [0.2, 0.25) is 0 Å². The fraction of sp³-hybridized carbons (Fsp3) is 0.227. The fourth-order valence-corrected chi connectivity index (χ4v) is 3.12. The highest BCUT2D eigenvalue weighted by Gasteiger charge is 2.12. The van der Waals surface area contributed by atoms with Crippen molar-refractivity contribution in [3.63, 3.8) is 0 Å². The first-order valence-corrected chi connectivity index (χ1v) is 8.94. The van der Waals surface area contributed by atoms with Crippen LogP contribution < -0.4 is 5.56 Å². The van der Waals surface area contributed by atoms with Crippen LogP contribution in [-0.4, -0.2) is 20.5 Å². The van der Waals surface area contributed by atoms with Crippen molar-refractivity contribution in [2.24, 2.45) is 0 Å². The molecule has 5 nitrogen and oxygen atoms in total. The van der Waals surface area contributed by atoms with E-state index < -0.39 is 5.97 Å². The SMILES string of the molecule is CCCc1c(/C=C/c2ccc(C)cc2C)nc2ccc(C(=O)O)cn2c1=O. The molecular formula is C22H22N2O3. The van der Waals surface area contributed by atoms with E-state index >= 15 is 0 Å². The molecule has 0 saturated heterocycles. The first-order chi connectivity index (χ1) is 12.9. The Labute approximate surface area is 157 Å². The summed E-state index contributed by atoms with van der Waals surface area (Å²) < 4.78 is 1.32. The van der Waals surface area contributed by atoms with E-state index in [0.717, 1.165) is 17.5 Å². The van der Waals surface area contributed by atoms with Crippen molar-refractivity contribution in [2.45, 2.75) is 33.6 Å². The molecular weight excluding hydrogens is 340 g/mol. The van der Waals surface area contributed by atoms with Crippen LogP contribution in [-0.2, 0) is 6.42 Å². The number of aromatic nitrogens is 2. The molecule has 0 radical (unpaired) electrons. The van der Waals surface area contributed by atoms with Crippen molar-refractivity contribution >= 4 is 23.8 Å². The summed E-state index contributed by atoms with van der Waals surface area (Å²) in [6.45, 7) is 6.10. The third-order valence-corrected chi connectivity index (χ3v) is 4.54. The molecule has 0 spiro atoms. The third kappa shape index (κ3) is 3.82. The summed E-state index contributed by atoms with van der Waals surface area (Å²) in [6, 6.07) is 9.24. The van der Waals surface area contributed by atoms with Crippen molar-refractivity contribution in [3.8, 4) is 0 Å². The number of carbonyl (C=O) groups is 1. The average Bonchev–Trinajstić information content (AvgIpc) is 2.63. The molecule has 0 aliphatic heterocycles. The number of carboxylic acids is 1. The topological polar surface area (TPSA) is 71.7 Å². The van der Waals surface area contributed by atoms with Gasteiger partial charge in [-0.25, -0.2) is 9.78 Å². The summed E-state index contributed by atoms with van der Waals surface area (Å²) in [6.07, 6.45) is 6.56. The first kappa shape index (κ1) is 18.6. The maximum atomic E-state index is 12.9. The van der Waals surface area contributed by atoms with Gasteiger partial charge >= 0.3 is 5.97 Å². The van der Waals surface area contributed by atoms with Crippen molar-refractivity contribution in [1.29, 1.82) is 0 Å². The molecule has 3 aromatic rings. The summed E-state index contributed by atoms with van der Waals surface area (Å²) in [5, 5.41) is 9.17. The molecule has 0 aliphatic carbocycles. The molecule has 5 heteroatoms. The van der Waals surface area contributed by atoms with Crippen LogP contribution in [0.1, 0.15) is 51.7 Å². The lowest BCUT2D eigenvalue weighted by Gasteiger charge is -2.09. The minimum atomic E-state index is -1.07. The van der Waals surface area contributed by atoms with Crippen LogP contribution in [0.4, 0.5) is 0 Å². The highest BCUT2D eigenvalue weighted by atomic mass is 16.4. The summed E-state index contributed by atoms with van der Waals surface area (Å²) in [4.78, 5) is 28.7. The van der Waals surface area contributed by atoms with Crippen LogP contribution in [0, 0.1) is 13.8 Å². The smallest absolute Gasteiger partial charge is 0.337 e. The standard InChI is InChI=1S/C22H22N2O3/c1-4-5-18-19(10-8-16-7-6-14(2)12-15(16)3)23-20-11-9-17(22(26)27)13-24(20)21(18)25/h6-13H,4-5H2,1-3H3,(H,26,27)/b10-8+. The zero-order valence-corrected chi connectivity index (χ0v) is 15.7. The molecule has 0 bridgehead atoms. The molecule has 0 saturated carbocycles. The number of pyridine rings is 1. The van der Waals surface area contributed by atoms with Crippen LogP contribution in [0.2, 0.25) is 0 Å². The maximum Gasteiger partial charge on any atom is 0.337 e. The van der Waals surface area contributed by atoms with Crippen LogP contribution in [0.3, 0.4) is 0 Å². The molecule has 0 amide bonds. The molecule has 2 heterocycles. The molecule has 27 heavy (non-hydrogen) atoms. The van der Waals surface area contributed by atoms with Crippen molar-refractivity contribution in [3.05, 3.63) is 80.4 Å². The second-order valence-electron chi connectivity index (χ2n) is 6.68. The van der Waals surface area contributed by atoms with Gasteiger partial charge in [-0.1, -0.05) is 43.2 Å². The Morgan fingerprint density at radius 2 is 1.96 bits per heavy atom. The third-order valence-electron chi connectivity index (χ3n) is 4.54. The molecule has 0 fully saturated rings. The molecule has 3 rings (SSSR count). The highest BCUT2D eigenvalue weighted by molar-refractivity contribution is 5.87. The van der Waals surface area contributed by atoms with Crippen molar-refractivity contribution in [2.75, 3.05) is 0 Å². The van der Waals surface area contributed by atoms with Gasteiger partial charge in [-0.2, -0.15) is 0 Å². The van der Waals surface area contributed by atoms with E-state index in [1.807, 2.05) is 25.1 Å². The largest absolute Gasteiger partial charge is 0.478 e. The number of aryl methyl sites for hydroxylation is 2. The minimum absolute atomic E-state index is 0.0624. The van der Waals surface area contributed by atoms with Gasteiger partial charge in [0.25, 0.3) is 5.56 Å². The first-order valence-electron chi connectivity index (χ1n) is 8.94. The number of hydrogen-bond donors (Lipinski definition) is 1. The number of carboxylic acid groups (broad SMARTS) is 1. The Bertz CT molecular complexity index is 1110. The van der Waals surface area contributed by atoms with Gasteiger partial charge in [0.1, 0.15) is 5.65 Å². The Balaban J connectivity index is 2.15. The van der Waals surface area contributed by atoms with E-state index in [4.69, 9.17) is 0 Å². The molecule has 0 atom stereocenters. The van der Waals surface area contributed by atoms with Crippen molar-refractivity contribution < 1.29 is 9.90 Å². The predicted molar refractivity (Wildman–Crippen MR) is 107 cm³/mol. The van der Waals surface area contributed by atoms with Gasteiger partial charge < -0.3 is 5.11 Å². The van der Waals surface area contributed by atoms with Gasteiger partial charge in [0, 0.05) is 11.8 Å². The van der Waals surface area contributed by atoms with Gasteiger partial charge in [0.05, 0.1) is 11.3 Å². The minimum Gasteiger partial charge on any atom is -0.478 e. The fourth-order valence-electron chi connectivity index (χ4n) is 3.12. The van der Waals surface area contributed by atoms with Crippen molar-refractivity contribution in [1.82, 2.24) is 9.38 Å². The normalized spacial score (nSPS) is 11.4. The lowest BCUT2D eigenvalue weighted by atomic mass is 10.0. The van der Waals surface area contributed by atoms with Gasteiger partial charge in [0.15, 0.2) is 0 Å². The van der Waals surface area contributed by atoms with E-state index in [1.54, 1.807) is 6.07 Å². The molecule has 2 aromatic heterocycles. The van der Waals surface area contributed by atoms with Gasteiger partial charge in [-0.05, 0) is 49.6 Å². The Morgan fingerprint density at radius 1 is 1.19 bits per heavy atom. The second-order valence-corrected chi connectivity index (χ2v) is 6.68. The van der Waals surface area contributed by atoms with E-state index in [1.165, 1.54) is 22.2 Å². The predicted octanol–water partition coefficient (Wildman–Crippen LogP) is 4.13. The number of fused-ring (bicyclic) bond motifs is 1. The lowest BCUT2D eigenvalue weighted by molar-refractivity contribution is 0.0696. The Kier molecular flexibility index (Phi) is 5.21. The van der Waals surface area contributed by atoms with E-state index in [0.29, 0.717) is 23.3 Å². The number of aromatic carboxylic acids is 1. The monoisotopic (exact) mass is 362 g/mol. The van der Waals surface area contributed by atoms with Crippen LogP contribution in [0.5, 0.6) is 0 Å². The van der Waals surface area contributed by atoms with Crippen LogP contribution in [0.15, 0.2) is 41.3 Å². The van der Waals surface area contributed by atoms with Crippen LogP contribution >= 0.6 is 0 Å². The Hall–Kier alpha value is -3.21. The van der Waals surface area contributed by atoms with Gasteiger partial charge in [-0.15, -0.1) is 0 Å². The number of nitrogens with zero attached hydrogens (tertiary/aromatic N) is 2. The zero-order chi connectivity index (χ0) is 19.6. The Morgan fingerprint density at radius 3 is 2.63 bits per heavy atom. The summed E-state index contributed by atoms with van der Waals surface area (Å²) >= 11 is 0. The quantitative estimate of drug-likeness (QED) is 0.741. The average molecular weight is 362 g/mol. The summed E-state index contributed by atoms with van der Waals surface area (Å²) in [5.41, 5.74) is 4.94. The summed E-state index contributed by atoms with van der Waals surface area (Å²) in [5.74, 6) is -1.07. The maximum absolute atomic E-state index is 12.9. The molecule has 138 valence electrons. The van der Waals surface area contributed by atoms with Crippen LogP contribution in [0.25, 0.3) is 17.8 Å².